The van der Waals surface area contributed by atoms with Crippen LogP contribution in [0.25, 0.3) is 22.9 Å². The smallest absolute Gasteiger partial charge is 0.263 e. The zero-order valence-electron chi connectivity index (χ0n) is 11.1. The van der Waals surface area contributed by atoms with Gasteiger partial charge < -0.3 is 8.83 Å². The molecular formula is C16H12NO3. The summed E-state index contributed by atoms with van der Waals surface area (Å²) in [5.41, 5.74) is 1.97. The maximum Gasteiger partial charge on any atom is 0.263 e. The summed E-state index contributed by atoms with van der Waals surface area (Å²) in [6, 6.07) is 11.9. The lowest BCUT2D eigenvalue weighted by atomic mass is 10.1. The van der Waals surface area contributed by atoms with Crippen LogP contribution in [-0.4, -0.2) is 11.3 Å². The number of oxazole rings is 1. The molecule has 2 aromatic heterocycles. The highest BCUT2D eigenvalue weighted by atomic mass is 16.4. The molecule has 0 aliphatic heterocycles. The summed E-state index contributed by atoms with van der Waals surface area (Å²) in [5.74, 6) is 2.47. The number of aromatic nitrogens is 1. The van der Waals surface area contributed by atoms with Crippen LogP contribution in [0.15, 0.2) is 39.2 Å². The minimum absolute atomic E-state index is 0.426. The number of carbonyl (C=O) groups is 1. The van der Waals surface area contributed by atoms with Gasteiger partial charge in [0.1, 0.15) is 23.5 Å². The van der Waals surface area contributed by atoms with Gasteiger partial charge in [0.25, 0.3) is 5.89 Å². The van der Waals surface area contributed by atoms with Crippen LogP contribution in [-0.2, 0) is 0 Å². The van der Waals surface area contributed by atoms with E-state index in [2.05, 4.69) is 11.1 Å². The number of hydrogen-bond acceptors (Lipinski definition) is 4. The summed E-state index contributed by atoms with van der Waals surface area (Å²) in [7, 11) is 0. The van der Waals surface area contributed by atoms with E-state index in [0.29, 0.717) is 28.7 Å². The van der Waals surface area contributed by atoms with Crippen molar-refractivity contribution >= 4 is 6.29 Å². The fraction of sp³-hybridized carbons (Fsp3) is 0.125. The predicted molar refractivity (Wildman–Crippen MR) is 73.3 cm³/mol. The number of furan rings is 1. The van der Waals surface area contributed by atoms with Gasteiger partial charge in [-0.15, -0.1) is 0 Å². The maximum atomic E-state index is 10.8. The molecule has 0 saturated carbocycles. The maximum absolute atomic E-state index is 10.8. The highest BCUT2D eigenvalue weighted by Gasteiger charge is 2.15. The fourth-order valence-electron chi connectivity index (χ4n) is 2.00. The Kier molecular flexibility index (Phi) is 2.99. The van der Waals surface area contributed by atoms with Crippen molar-refractivity contribution in [1.82, 2.24) is 4.98 Å². The van der Waals surface area contributed by atoms with Crippen LogP contribution < -0.4 is 0 Å². The molecule has 0 spiro atoms. The molecule has 99 valence electrons. The Bertz CT molecular complexity index is 768. The number of aryl methyl sites for hydroxylation is 2. The third-order valence-corrected chi connectivity index (χ3v) is 2.96. The van der Waals surface area contributed by atoms with Gasteiger partial charge in [-0.25, -0.2) is 4.98 Å². The van der Waals surface area contributed by atoms with Gasteiger partial charge >= 0.3 is 0 Å². The monoisotopic (exact) mass is 266 g/mol. The zero-order valence-corrected chi connectivity index (χ0v) is 11.1. The Balaban J connectivity index is 2.06. The summed E-state index contributed by atoms with van der Waals surface area (Å²) >= 11 is 0. The number of carbonyl (C=O) groups excluding carboxylic acids is 1. The van der Waals surface area contributed by atoms with Crippen LogP contribution in [0.3, 0.4) is 0 Å². The van der Waals surface area contributed by atoms with E-state index in [1.54, 1.807) is 18.2 Å². The second-order valence-corrected chi connectivity index (χ2v) is 4.49. The average molecular weight is 266 g/mol. The van der Waals surface area contributed by atoms with E-state index in [9.17, 15) is 4.79 Å². The number of rotatable bonds is 3. The normalized spacial score (nSPS) is 10.7. The van der Waals surface area contributed by atoms with Crippen molar-refractivity contribution in [3.63, 3.8) is 0 Å². The van der Waals surface area contributed by atoms with Gasteiger partial charge in [0.15, 0.2) is 5.76 Å². The zero-order chi connectivity index (χ0) is 14.1. The molecule has 1 aromatic carbocycles. The van der Waals surface area contributed by atoms with E-state index in [-0.39, 0.29) is 0 Å². The van der Waals surface area contributed by atoms with Gasteiger partial charge in [0.2, 0.25) is 0 Å². The molecule has 0 aliphatic rings. The molecule has 4 heteroatoms. The summed E-state index contributed by atoms with van der Waals surface area (Å²) in [6.45, 7) is 3.69. The van der Waals surface area contributed by atoms with Gasteiger partial charge in [-0.3, -0.25) is 4.79 Å². The number of aldehydes is 1. The number of benzene rings is 1. The van der Waals surface area contributed by atoms with Crippen molar-refractivity contribution in [2.75, 3.05) is 0 Å². The van der Waals surface area contributed by atoms with Crippen LogP contribution in [0, 0.1) is 19.9 Å². The van der Waals surface area contributed by atoms with Crippen LogP contribution in [0.4, 0.5) is 0 Å². The minimum Gasteiger partial charge on any atom is -0.456 e. The van der Waals surface area contributed by atoms with E-state index in [4.69, 9.17) is 8.83 Å². The van der Waals surface area contributed by atoms with Crippen molar-refractivity contribution in [1.29, 1.82) is 0 Å². The number of nitrogens with zero attached hydrogens (tertiary/aromatic N) is 1. The highest BCUT2D eigenvalue weighted by Crippen LogP contribution is 2.29. The first-order valence-corrected chi connectivity index (χ1v) is 6.19. The Labute approximate surface area is 116 Å². The van der Waals surface area contributed by atoms with Crippen molar-refractivity contribution in [2.24, 2.45) is 0 Å². The Hall–Kier alpha value is -2.62. The van der Waals surface area contributed by atoms with E-state index < -0.39 is 0 Å². The second kappa shape index (κ2) is 4.81. The highest BCUT2D eigenvalue weighted by molar-refractivity contribution is 5.78. The van der Waals surface area contributed by atoms with Gasteiger partial charge in [0.05, 0.1) is 0 Å². The van der Waals surface area contributed by atoms with E-state index in [1.165, 1.54) is 0 Å². The predicted octanol–water partition coefficient (Wildman–Crippen LogP) is 3.83. The van der Waals surface area contributed by atoms with E-state index in [0.717, 1.165) is 17.6 Å². The first kappa shape index (κ1) is 12.4. The molecule has 2 heterocycles. The first-order valence-electron chi connectivity index (χ1n) is 6.19. The molecule has 0 amide bonds. The molecule has 1 radical (unpaired) electrons. The van der Waals surface area contributed by atoms with Crippen molar-refractivity contribution in [2.45, 2.75) is 13.8 Å². The van der Waals surface area contributed by atoms with Crippen LogP contribution in [0.5, 0.6) is 0 Å². The van der Waals surface area contributed by atoms with Crippen molar-refractivity contribution in [3.05, 3.63) is 53.5 Å². The molecule has 0 atom stereocenters. The Morgan fingerprint density at radius 3 is 2.75 bits per heavy atom. The average Bonchev–Trinajstić information content (AvgIpc) is 3.05. The largest absolute Gasteiger partial charge is 0.456 e. The summed E-state index contributed by atoms with van der Waals surface area (Å²) < 4.78 is 11.1. The molecule has 0 unspecified atom stereocenters. The lowest BCUT2D eigenvalue weighted by Gasteiger charge is -1.97. The van der Waals surface area contributed by atoms with E-state index in [1.807, 2.05) is 26.0 Å². The van der Waals surface area contributed by atoms with Crippen LogP contribution in [0.2, 0.25) is 0 Å². The van der Waals surface area contributed by atoms with Gasteiger partial charge in [-0.1, -0.05) is 12.1 Å². The fourth-order valence-corrected chi connectivity index (χ4v) is 2.00. The summed E-state index contributed by atoms with van der Waals surface area (Å²) in [6.07, 6.45) is 0.795. The summed E-state index contributed by atoms with van der Waals surface area (Å²) in [5, 5.41) is 0. The minimum atomic E-state index is 0.426. The number of hydrogen-bond donors (Lipinski definition) is 0. The van der Waals surface area contributed by atoms with Gasteiger partial charge in [-0.05, 0) is 38.1 Å². The molecule has 0 saturated heterocycles. The SMILES string of the molecule is Cc1ccc(-c2nc(-c3[c]ccc(C=O)c3)c(C)o2)o1. The third kappa shape index (κ3) is 2.16. The third-order valence-electron chi connectivity index (χ3n) is 2.96. The lowest BCUT2D eigenvalue weighted by molar-refractivity contribution is 0.112. The Morgan fingerprint density at radius 2 is 2.05 bits per heavy atom. The van der Waals surface area contributed by atoms with Gasteiger partial charge in [0, 0.05) is 11.1 Å². The first-order chi connectivity index (χ1) is 9.67. The van der Waals surface area contributed by atoms with Crippen molar-refractivity contribution in [3.8, 4) is 22.9 Å². The topological polar surface area (TPSA) is 56.2 Å². The molecule has 3 rings (SSSR count). The molecule has 20 heavy (non-hydrogen) atoms. The molecule has 0 aliphatic carbocycles. The molecule has 0 bridgehead atoms. The van der Waals surface area contributed by atoms with Crippen LogP contribution in [0.1, 0.15) is 21.9 Å². The molecule has 0 fully saturated rings. The molecule has 3 aromatic rings. The van der Waals surface area contributed by atoms with Gasteiger partial charge in [-0.2, -0.15) is 0 Å². The van der Waals surface area contributed by atoms with Crippen molar-refractivity contribution < 1.29 is 13.6 Å². The Morgan fingerprint density at radius 1 is 1.20 bits per heavy atom. The van der Waals surface area contributed by atoms with Crippen LogP contribution >= 0.6 is 0 Å². The molecule has 4 nitrogen and oxygen atoms in total. The quantitative estimate of drug-likeness (QED) is 0.676. The molecule has 0 N–H and O–H groups in total. The summed E-state index contributed by atoms with van der Waals surface area (Å²) in [4.78, 5) is 15.3. The van der Waals surface area contributed by atoms with E-state index >= 15 is 0 Å². The lowest BCUT2D eigenvalue weighted by Crippen LogP contribution is -1.85. The standard InChI is InChI=1S/C16H12NO3/c1-10-6-7-14(19-10)16-17-15(11(2)20-16)13-5-3-4-12(8-13)9-18/h3-4,6-9H,1-2H3. The second-order valence-electron chi connectivity index (χ2n) is 4.49. The molecular weight excluding hydrogens is 254 g/mol.